The van der Waals surface area contributed by atoms with Crippen LogP contribution < -0.4 is 5.32 Å². The Morgan fingerprint density at radius 1 is 1.73 bits per heavy atom. The topological polar surface area (TPSA) is 71.9 Å². The molecule has 2 aromatic rings. The van der Waals surface area contributed by atoms with E-state index in [-0.39, 0.29) is 12.0 Å². The highest BCUT2D eigenvalue weighted by atomic mass is 32.1. The van der Waals surface area contributed by atoms with Crippen molar-refractivity contribution in [3.63, 3.8) is 0 Å². The lowest BCUT2D eigenvalue weighted by Gasteiger charge is -2.17. The number of aromatic amines is 1. The average molecular weight is 338 g/mol. The maximum absolute atomic E-state index is 12.4. The van der Waals surface area contributed by atoms with Gasteiger partial charge < -0.3 is 10.1 Å². The van der Waals surface area contributed by atoms with Crippen LogP contribution in [0.2, 0.25) is 0 Å². The minimum Gasteiger partial charge on any atom is -0.376 e. The fourth-order valence-corrected chi connectivity index (χ4v) is 3.53. The van der Waals surface area contributed by atoms with Gasteiger partial charge in [0.05, 0.1) is 11.0 Å². The van der Waals surface area contributed by atoms with Gasteiger partial charge in [-0.05, 0) is 43.4 Å². The van der Waals surface area contributed by atoms with Gasteiger partial charge in [-0.15, -0.1) is 11.3 Å². The van der Waals surface area contributed by atoms with E-state index in [0.717, 1.165) is 24.3 Å². The van der Waals surface area contributed by atoms with Crippen molar-refractivity contribution >= 4 is 29.5 Å². The van der Waals surface area contributed by atoms with E-state index in [1.807, 2.05) is 24.4 Å². The van der Waals surface area contributed by atoms with Crippen molar-refractivity contribution in [2.45, 2.75) is 31.9 Å². The molecule has 1 saturated heterocycles. The third kappa shape index (κ3) is 3.13. The summed E-state index contributed by atoms with van der Waals surface area (Å²) in [6.45, 7) is 3.15. The summed E-state index contributed by atoms with van der Waals surface area (Å²) in [5.41, 5.74) is 0. The van der Waals surface area contributed by atoms with Gasteiger partial charge in [-0.3, -0.25) is 14.5 Å². The largest absolute Gasteiger partial charge is 0.376 e. The third-order valence-electron chi connectivity index (χ3n) is 3.74. The molecular weight excluding hydrogens is 320 g/mol. The molecule has 22 heavy (non-hydrogen) atoms. The molecule has 2 aromatic heterocycles. The summed E-state index contributed by atoms with van der Waals surface area (Å²) in [7, 11) is 0. The molecule has 0 radical (unpaired) electrons. The van der Waals surface area contributed by atoms with Crippen LogP contribution in [-0.2, 0) is 9.53 Å². The smallest absolute Gasteiger partial charge is 0.243 e. The van der Waals surface area contributed by atoms with Gasteiger partial charge in [0, 0.05) is 13.2 Å². The first kappa shape index (κ1) is 15.4. The summed E-state index contributed by atoms with van der Waals surface area (Å²) in [6.07, 6.45) is 2.19. The van der Waals surface area contributed by atoms with E-state index in [4.69, 9.17) is 17.0 Å². The van der Waals surface area contributed by atoms with Gasteiger partial charge >= 0.3 is 0 Å². The molecular formula is C14H18N4O2S2. The Balaban J connectivity index is 1.74. The van der Waals surface area contributed by atoms with Crippen LogP contribution in [-0.4, -0.2) is 39.9 Å². The van der Waals surface area contributed by atoms with Crippen molar-refractivity contribution in [2.24, 2.45) is 0 Å². The van der Waals surface area contributed by atoms with Gasteiger partial charge in [0.1, 0.15) is 6.04 Å². The summed E-state index contributed by atoms with van der Waals surface area (Å²) in [5.74, 6) is 0.616. The van der Waals surface area contributed by atoms with Crippen molar-refractivity contribution in [1.29, 1.82) is 0 Å². The maximum Gasteiger partial charge on any atom is 0.243 e. The molecule has 1 aliphatic heterocycles. The number of thiophene rings is 1. The zero-order chi connectivity index (χ0) is 15.5. The lowest BCUT2D eigenvalue weighted by Crippen LogP contribution is -2.36. The van der Waals surface area contributed by atoms with Gasteiger partial charge in [0.15, 0.2) is 10.6 Å². The highest BCUT2D eigenvalue weighted by molar-refractivity contribution is 7.71. The minimum atomic E-state index is -0.426. The Morgan fingerprint density at radius 3 is 3.27 bits per heavy atom. The molecule has 0 spiro atoms. The fourth-order valence-electron chi connectivity index (χ4n) is 2.53. The van der Waals surface area contributed by atoms with Crippen LogP contribution >= 0.6 is 23.6 Å². The molecule has 2 N–H and O–H groups in total. The molecule has 118 valence electrons. The van der Waals surface area contributed by atoms with Gasteiger partial charge in [0.25, 0.3) is 0 Å². The number of ether oxygens (including phenoxy) is 1. The lowest BCUT2D eigenvalue weighted by atomic mass is 10.2. The number of H-pyrrole nitrogens is 1. The molecule has 2 atom stereocenters. The first-order chi connectivity index (χ1) is 10.7. The molecule has 2 unspecified atom stereocenters. The van der Waals surface area contributed by atoms with Crippen molar-refractivity contribution in [3.8, 4) is 10.7 Å². The Morgan fingerprint density at radius 2 is 2.59 bits per heavy atom. The van der Waals surface area contributed by atoms with E-state index in [1.54, 1.807) is 15.9 Å². The highest BCUT2D eigenvalue weighted by Crippen LogP contribution is 2.25. The van der Waals surface area contributed by atoms with Crippen LogP contribution in [0.1, 0.15) is 25.8 Å². The number of nitrogens with one attached hydrogen (secondary N) is 2. The zero-order valence-electron chi connectivity index (χ0n) is 12.2. The highest BCUT2D eigenvalue weighted by Gasteiger charge is 2.23. The maximum atomic E-state index is 12.4. The molecule has 0 aromatic carbocycles. The summed E-state index contributed by atoms with van der Waals surface area (Å²) in [5, 5.41) is 11.9. The van der Waals surface area contributed by atoms with Crippen LogP contribution in [0.5, 0.6) is 0 Å². The Bertz CT molecular complexity index is 686. The second-order valence-electron chi connectivity index (χ2n) is 5.26. The minimum absolute atomic E-state index is 0.0780. The number of carbonyl (C=O) groups excluding carboxylic acids is 1. The second-order valence-corrected chi connectivity index (χ2v) is 6.59. The molecule has 1 aliphatic rings. The van der Waals surface area contributed by atoms with Crippen molar-refractivity contribution in [2.75, 3.05) is 13.2 Å². The third-order valence-corrected chi connectivity index (χ3v) is 4.89. The monoisotopic (exact) mass is 338 g/mol. The first-order valence-electron chi connectivity index (χ1n) is 7.27. The number of carbonyl (C=O) groups is 1. The Kier molecular flexibility index (Phi) is 4.70. The predicted molar refractivity (Wildman–Crippen MR) is 87.4 cm³/mol. The van der Waals surface area contributed by atoms with E-state index in [0.29, 0.717) is 17.1 Å². The fraction of sp³-hybridized carbons (Fsp3) is 0.500. The normalized spacial score (nSPS) is 19.2. The van der Waals surface area contributed by atoms with Crippen LogP contribution in [0.3, 0.4) is 0 Å². The first-order valence-corrected chi connectivity index (χ1v) is 8.55. The van der Waals surface area contributed by atoms with E-state index in [9.17, 15) is 4.79 Å². The van der Waals surface area contributed by atoms with Crippen LogP contribution in [0.15, 0.2) is 17.5 Å². The second kappa shape index (κ2) is 6.72. The number of amides is 1. The van der Waals surface area contributed by atoms with Gasteiger partial charge in [0.2, 0.25) is 5.91 Å². The average Bonchev–Trinajstić information content (AvgIpc) is 3.25. The van der Waals surface area contributed by atoms with E-state index in [2.05, 4.69) is 15.5 Å². The Labute approximate surface area is 137 Å². The lowest BCUT2D eigenvalue weighted by molar-refractivity contribution is -0.124. The summed E-state index contributed by atoms with van der Waals surface area (Å²) < 4.78 is 7.72. The van der Waals surface area contributed by atoms with Gasteiger partial charge in [-0.2, -0.15) is 5.10 Å². The molecule has 0 saturated carbocycles. The number of hydrogen-bond donors (Lipinski definition) is 2. The van der Waals surface area contributed by atoms with Crippen LogP contribution in [0.4, 0.5) is 0 Å². The Hall–Kier alpha value is -1.51. The summed E-state index contributed by atoms with van der Waals surface area (Å²) >= 11 is 6.84. The summed E-state index contributed by atoms with van der Waals surface area (Å²) in [4.78, 5) is 13.4. The molecule has 1 amide bonds. The predicted octanol–water partition coefficient (Wildman–Crippen LogP) is 2.53. The molecule has 1 fully saturated rings. The van der Waals surface area contributed by atoms with E-state index in [1.165, 1.54) is 0 Å². The van der Waals surface area contributed by atoms with Crippen molar-refractivity contribution < 1.29 is 9.53 Å². The molecule has 6 nitrogen and oxygen atoms in total. The van der Waals surface area contributed by atoms with Crippen molar-refractivity contribution in [3.05, 3.63) is 22.3 Å². The van der Waals surface area contributed by atoms with Gasteiger partial charge in [-0.25, -0.2) is 0 Å². The number of aromatic nitrogens is 3. The van der Waals surface area contributed by atoms with Crippen molar-refractivity contribution in [1.82, 2.24) is 20.1 Å². The SMILES string of the molecule is CC(C(=O)NCC1CCCO1)n1c(-c2cccs2)n[nH]c1=S. The molecule has 8 heteroatoms. The molecule has 0 aliphatic carbocycles. The standard InChI is InChI=1S/C14H18N4O2S2/c1-9(13(19)15-8-10-4-2-6-20-10)18-12(16-17-14(18)21)11-5-3-7-22-11/h3,5,7,9-10H,2,4,6,8H2,1H3,(H,15,19)(H,17,21). The number of hydrogen-bond acceptors (Lipinski definition) is 5. The number of nitrogens with zero attached hydrogens (tertiary/aromatic N) is 2. The molecule has 3 rings (SSSR count). The van der Waals surface area contributed by atoms with Crippen LogP contribution in [0, 0.1) is 4.77 Å². The van der Waals surface area contributed by atoms with Gasteiger partial charge in [-0.1, -0.05) is 6.07 Å². The zero-order valence-corrected chi connectivity index (χ0v) is 13.9. The quantitative estimate of drug-likeness (QED) is 0.822. The summed E-state index contributed by atoms with van der Waals surface area (Å²) in [6, 6.07) is 3.48. The molecule has 0 bridgehead atoms. The number of rotatable bonds is 5. The molecule has 3 heterocycles. The van der Waals surface area contributed by atoms with E-state index >= 15 is 0 Å². The van der Waals surface area contributed by atoms with E-state index < -0.39 is 6.04 Å². The van der Waals surface area contributed by atoms with Crippen LogP contribution in [0.25, 0.3) is 10.7 Å².